The molecule has 36 heavy (non-hydrogen) atoms. The van der Waals surface area contributed by atoms with Crippen LogP contribution in [-0.4, -0.2) is 60.4 Å². The summed E-state index contributed by atoms with van der Waals surface area (Å²) in [6.07, 6.45) is -1.90. The van der Waals surface area contributed by atoms with Gasteiger partial charge in [0.05, 0.1) is 33.3 Å². The van der Waals surface area contributed by atoms with E-state index in [9.17, 15) is 26.8 Å². The van der Waals surface area contributed by atoms with Gasteiger partial charge in [0.2, 0.25) is 5.91 Å². The van der Waals surface area contributed by atoms with Crippen LogP contribution in [0.3, 0.4) is 0 Å². The molecule has 1 saturated heterocycles. The molecule has 0 bridgehead atoms. The maximum Gasteiger partial charge on any atom is 0.278 e. The molecule has 3 heterocycles. The van der Waals surface area contributed by atoms with Crippen molar-refractivity contribution in [2.45, 2.75) is 38.3 Å². The van der Waals surface area contributed by atoms with Crippen LogP contribution in [0, 0.1) is 6.92 Å². The highest BCUT2D eigenvalue weighted by Gasteiger charge is 2.46. The number of nitrogens with zero attached hydrogens (tertiary/aromatic N) is 3. The number of alkyl halides is 2. The number of anilines is 2. The summed E-state index contributed by atoms with van der Waals surface area (Å²) >= 11 is 12.3. The number of aryl methyl sites for hydroxylation is 1. The molecule has 0 spiro atoms. The Morgan fingerprint density at radius 1 is 1.25 bits per heavy atom. The van der Waals surface area contributed by atoms with Crippen molar-refractivity contribution in [3.63, 3.8) is 0 Å². The monoisotopic (exact) mass is 559 g/mol. The summed E-state index contributed by atoms with van der Waals surface area (Å²) in [6.45, 7) is 3.20. The van der Waals surface area contributed by atoms with Crippen LogP contribution < -0.4 is 15.6 Å². The van der Waals surface area contributed by atoms with Crippen LogP contribution in [0.2, 0.25) is 10.0 Å². The molecule has 0 aliphatic carbocycles. The van der Waals surface area contributed by atoms with Crippen molar-refractivity contribution in [1.29, 1.82) is 0 Å². The lowest BCUT2D eigenvalue weighted by Crippen LogP contribution is -2.63. The predicted molar refractivity (Wildman–Crippen MR) is 133 cm³/mol. The van der Waals surface area contributed by atoms with Crippen LogP contribution in [0.4, 0.5) is 20.3 Å². The molecule has 14 heteroatoms. The number of nitrogens with one attached hydrogen (secondary N) is 2. The molecule has 192 valence electrons. The molecule has 1 fully saturated rings. The lowest BCUT2D eigenvalue weighted by Gasteiger charge is -2.38. The Hall–Kier alpha value is -2.83. The highest BCUT2D eigenvalue weighted by Crippen LogP contribution is 2.33. The van der Waals surface area contributed by atoms with Crippen molar-refractivity contribution >= 4 is 62.1 Å². The van der Waals surface area contributed by atoms with E-state index >= 15 is 0 Å². The zero-order chi connectivity index (χ0) is 26.4. The number of hydrogen-bond donors (Lipinski definition) is 2. The van der Waals surface area contributed by atoms with Gasteiger partial charge < -0.3 is 10.6 Å². The smallest absolute Gasteiger partial charge is 0.278 e. The quantitative estimate of drug-likeness (QED) is 0.559. The van der Waals surface area contributed by atoms with Crippen molar-refractivity contribution in [2.24, 2.45) is 5.10 Å². The van der Waals surface area contributed by atoms with Crippen LogP contribution in [0.15, 0.2) is 35.6 Å². The number of pyridine rings is 1. The van der Waals surface area contributed by atoms with E-state index in [1.807, 2.05) is 0 Å². The molecular weight excluding hydrogens is 539 g/mol. The third kappa shape index (κ3) is 5.30. The van der Waals surface area contributed by atoms with Gasteiger partial charge >= 0.3 is 0 Å². The van der Waals surface area contributed by atoms with Gasteiger partial charge in [-0.1, -0.05) is 23.2 Å². The summed E-state index contributed by atoms with van der Waals surface area (Å²) in [5.74, 6) is -1.78. The maximum atomic E-state index is 13.5. The standard InChI is InChI=1S/C22H21Cl2F2N5O4S/c1-11-6-12(23)7-13(20(32)29-22(2)9-36(34,35)10-22)17(11)28-21(33)16-8-15(18(25)26)30-31(16)19-14(24)4-3-5-27-19/h3-7,16,18H,8-10H2,1-2H3,(H,28,33)(H,29,32). The largest absolute Gasteiger partial charge is 0.345 e. The van der Waals surface area contributed by atoms with Gasteiger partial charge in [0.1, 0.15) is 11.8 Å². The molecule has 0 radical (unpaired) electrons. The highest BCUT2D eigenvalue weighted by molar-refractivity contribution is 7.93. The molecule has 1 atom stereocenters. The van der Waals surface area contributed by atoms with Crippen LogP contribution in [0.25, 0.3) is 0 Å². The van der Waals surface area contributed by atoms with Gasteiger partial charge in [0.15, 0.2) is 15.7 Å². The fourth-order valence-electron chi connectivity index (χ4n) is 4.25. The SMILES string of the molecule is Cc1cc(Cl)cc(C(=O)NC2(C)CS(=O)(=O)C2)c1NC(=O)C1CC(C(F)F)=NN1c1ncccc1Cl. The molecule has 2 amide bonds. The lowest BCUT2D eigenvalue weighted by atomic mass is 10.0. The van der Waals surface area contributed by atoms with Gasteiger partial charge in [-0.25, -0.2) is 27.2 Å². The van der Waals surface area contributed by atoms with Crippen molar-refractivity contribution in [3.8, 4) is 0 Å². The molecule has 1 aromatic heterocycles. The van der Waals surface area contributed by atoms with Crippen LogP contribution in [-0.2, 0) is 14.6 Å². The molecule has 4 rings (SSSR count). The number of rotatable bonds is 6. The van der Waals surface area contributed by atoms with E-state index < -0.39 is 45.4 Å². The first-order valence-corrected chi connectivity index (χ1v) is 13.3. The minimum atomic E-state index is -3.23. The summed E-state index contributed by atoms with van der Waals surface area (Å²) in [6, 6.07) is 4.67. The molecule has 2 aliphatic rings. The third-order valence-corrected chi connectivity index (χ3v) is 8.40. The first-order chi connectivity index (χ1) is 16.8. The second-order valence-corrected chi connectivity index (χ2v) is 11.9. The number of sulfone groups is 1. The number of carbonyl (C=O) groups excluding carboxylic acids is 2. The summed E-state index contributed by atoms with van der Waals surface area (Å²) in [5, 5.41) is 10.5. The molecule has 2 N–H and O–H groups in total. The molecule has 9 nitrogen and oxygen atoms in total. The molecule has 0 saturated carbocycles. The lowest BCUT2D eigenvalue weighted by molar-refractivity contribution is -0.117. The van der Waals surface area contributed by atoms with Gasteiger partial charge in [-0.05, 0) is 43.7 Å². The Bertz CT molecular complexity index is 1370. The molecule has 1 unspecified atom stereocenters. The van der Waals surface area contributed by atoms with Gasteiger partial charge in [-0.2, -0.15) is 5.10 Å². The first kappa shape index (κ1) is 26.2. The number of hydrogen-bond acceptors (Lipinski definition) is 7. The minimum absolute atomic E-state index is 0.00529. The minimum Gasteiger partial charge on any atom is -0.345 e. The topological polar surface area (TPSA) is 121 Å². The third-order valence-electron chi connectivity index (χ3n) is 5.73. The van der Waals surface area contributed by atoms with E-state index in [-0.39, 0.29) is 45.0 Å². The van der Waals surface area contributed by atoms with Gasteiger partial charge in [-0.3, -0.25) is 9.59 Å². The molecule has 2 aliphatic heterocycles. The van der Waals surface area contributed by atoms with Crippen LogP contribution >= 0.6 is 23.2 Å². The average Bonchev–Trinajstić information content (AvgIpc) is 3.19. The number of benzene rings is 1. The fraction of sp³-hybridized carbons (Fsp3) is 0.364. The normalized spacial score (nSPS) is 20.0. The van der Waals surface area contributed by atoms with E-state index in [4.69, 9.17) is 23.2 Å². The second kappa shape index (κ2) is 9.56. The summed E-state index contributed by atoms with van der Waals surface area (Å²) in [7, 11) is -3.23. The predicted octanol–water partition coefficient (Wildman–Crippen LogP) is 3.45. The number of carbonyl (C=O) groups is 2. The number of hydrazone groups is 1. The first-order valence-electron chi connectivity index (χ1n) is 10.7. The Morgan fingerprint density at radius 3 is 2.56 bits per heavy atom. The van der Waals surface area contributed by atoms with E-state index in [0.717, 1.165) is 5.01 Å². The second-order valence-electron chi connectivity index (χ2n) is 8.95. The number of aromatic nitrogens is 1. The van der Waals surface area contributed by atoms with Crippen molar-refractivity contribution in [2.75, 3.05) is 21.8 Å². The average molecular weight is 560 g/mol. The number of amides is 2. The van der Waals surface area contributed by atoms with Crippen LogP contribution in [0.1, 0.15) is 29.3 Å². The van der Waals surface area contributed by atoms with Crippen LogP contribution in [0.5, 0.6) is 0 Å². The van der Waals surface area contributed by atoms with Gasteiger partial charge in [-0.15, -0.1) is 0 Å². The van der Waals surface area contributed by atoms with Crippen molar-refractivity contribution in [3.05, 3.63) is 51.6 Å². The summed E-state index contributed by atoms with van der Waals surface area (Å²) in [4.78, 5) is 30.5. The van der Waals surface area contributed by atoms with E-state index in [2.05, 4.69) is 20.7 Å². The summed E-state index contributed by atoms with van der Waals surface area (Å²) in [5.41, 5.74) is -0.949. The zero-order valence-electron chi connectivity index (χ0n) is 19.1. The Balaban J connectivity index is 1.63. The highest BCUT2D eigenvalue weighted by atomic mass is 35.5. The van der Waals surface area contributed by atoms with E-state index in [0.29, 0.717) is 5.56 Å². The Kier molecular flexibility index (Phi) is 6.97. The zero-order valence-corrected chi connectivity index (χ0v) is 21.4. The Labute approximate surface area is 215 Å². The Morgan fingerprint density at radius 2 is 1.94 bits per heavy atom. The van der Waals surface area contributed by atoms with E-state index in [1.54, 1.807) is 19.9 Å². The molecular formula is C22H21Cl2F2N5O4S. The van der Waals surface area contributed by atoms with Crippen molar-refractivity contribution in [1.82, 2.24) is 10.3 Å². The van der Waals surface area contributed by atoms with Crippen molar-refractivity contribution < 1.29 is 26.8 Å². The molecule has 2 aromatic rings. The van der Waals surface area contributed by atoms with E-state index in [1.165, 1.54) is 24.4 Å². The van der Waals surface area contributed by atoms with Gasteiger partial charge in [0.25, 0.3) is 12.3 Å². The summed E-state index contributed by atoms with van der Waals surface area (Å²) < 4.78 is 50.2. The fourth-order valence-corrected chi connectivity index (χ4v) is 6.73. The van der Waals surface area contributed by atoms with Gasteiger partial charge in [0, 0.05) is 17.6 Å². The maximum absolute atomic E-state index is 13.5. The molecule has 1 aromatic carbocycles. The number of halogens is 4.